The number of carbonyl (C=O) groups excluding carboxylic acids is 1. The zero-order valence-corrected chi connectivity index (χ0v) is 14.8. The highest BCUT2D eigenvalue weighted by Crippen LogP contribution is 2.43. The summed E-state index contributed by atoms with van der Waals surface area (Å²) in [5.41, 5.74) is 1.04. The van der Waals surface area contributed by atoms with Crippen LogP contribution in [0.2, 0.25) is 10.0 Å². The van der Waals surface area contributed by atoms with Gasteiger partial charge in [0.05, 0.1) is 34.4 Å². The van der Waals surface area contributed by atoms with Crippen molar-refractivity contribution < 1.29 is 10.1 Å². The number of benzene rings is 1. The molecular formula is C15H21Cl2N2OS+. The Kier molecular flexibility index (Phi) is 5.83. The van der Waals surface area contributed by atoms with E-state index in [4.69, 9.17) is 23.2 Å². The quantitative estimate of drug-likeness (QED) is 0.888. The van der Waals surface area contributed by atoms with Gasteiger partial charge in [0.25, 0.3) is 0 Å². The second-order valence-electron chi connectivity index (χ2n) is 5.60. The van der Waals surface area contributed by atoms with Crippen molar-refractivity contribution in [1.29, 1.82) is 0 Å². The number of carbonyl (C=O) groups is 1. The van der Waals surface area contributed by atoms with Crippen molar-refractivity contribution in [3.05, 3.63) is 33.8 Å². The highest BCUT2D eigenvalue weighted by Gasteiger charge is 2.38. The molecule has 1 aromatic carbocycles. The predicted molar refractivity (Wildman–Crippen MR) is 89.9 cm³/mol. The molecule has 21 heavy (non-hydrogen) atoms. The molecular weight excluding hydrogens is 327 g/mol. The van der Waals surface area contributed by atoms with Crippen molar-refractivity contribution in [1.82, 2.24) is 4.90 Å². The smallest absolute Gasteiger partial charge is 0.236 e. The van der Waals surface area contributed by atoms with Gasteiger partial charge in [-0.15, -0.1) is 11.8 Å². The van der Waals surface area contributed by atoms with Gasteiger partial charge in [0, 0.05) is 0 Å². The molecule has 2 rings (SSSR count). The van der Waals surface area contributed by atoms with E-state index in [9.17, 15) is 4.79 Å². The molecule has 0 spiro atoms. The van der Waals surface area contributed by atoms with Crippen molar-refractivity contribution in [2.45, 2.75) is 37.4 Å². The van der Waals surface area contributed by atoms with Crippen molar-refractivity contribution in [2.75, 3.05) is 13.1 Å². The fourth-order valence-electron chi connectivity index (χ4n) is 2.37. The van der Waals surface area contributed by atoms with Crippen LogP contribution >= 0.6 is 35.0 Å². The molecule has 0 bridgehead atoms. The van der Waals surface area contributed by atoms with Gasteiger partial charge in [0.15, 0.2) is 0 Å². The molecule has 1 aliphatic rings. The fourth-order valence-corrected chi connectivity index (χ4v) is 3.98. The molecule has 1 aliphatic heterocycles. The van der Waals surface area contributed by atoms with Gasteiger partial charge in [0.1, 0.15) is 5.37 Å². The first kappa shape index (κ1) is 16.9. The van der Waals surface area contributed by atoms with E-state index in [2.05, 4.69) is 19.2 Å². The summed E-state index contributed by atoms with van der Waals surface area (Å²) >= 11 is 13.8. The average molecular weight is 348 g/mol. The Labute approximate surface area is 140 Å². The van der Waals surface area contributed by atoms with Crippen molar-refractivity contribution in [3.8, 4) is 0 Å². The first-order valence-electron chi connectivity index (χ1n) is 7.14. The lowest BCUT2D eigenvalue weighted by molar-refractivity contribution is -0.682. The number of nitrogens with zero attached hydrogens (tertiary/aromatic N) is 1. The van der Waals surface area contributed by atoms with Crippen molar-refractivity contribution >= 4 is 40.9 Å². The zero-order valence-electron chi connectivity index (χ0n) is 12.5. The predicted octanol–water partition coefficient (Wildman–Crippen LogP) is 2.93. The lowest BCUT2D eigenvalue weighted by Crippen LogP contribution is -2.89. The van der Waals surface area contributed by atoms with Crippen LogP contribution in [0.4, 0.5) is 0 Å². The normalized spacial score (nSPS) is 22.4. The number of rotatable bonds is 5. The highest BCUT2D eigenvalue weighted by molar-refractivity contribution is 8.01. The number of quaternary nitrogens is 1. The van der Waals surface area contributed by atoms with Crippen LogP contribution in [0, 0.1) is 0 Å². The van der Waals surface area contributed by atoms with E-state index in [1.165, 1.54) is 0 Å². The molecule has 3 nitrogen and oxygen atoms in total. The SMILES string of the molecule is CC(C)[NH2+]CCN1C(=O)[C@H](C)S[C@H]1c1ccc(Cl)c(Cl)c1. The van der Waals surface area contributed by atoms with Gasteiger partial charge in [-0.25, -0.2) is 0 Å². The Bertz CT molecular complexity index is 524. The van der Waals surface area contributed by atoms with Gasteiger partial charge >= 0.3 is 0 Å². The van der Waals surface area contributed by atoms with E-state index < -0.39 is 0 Å². The first-order chi connectivity index (χ1) is 9.90. The summed E-state index contributed by atoms with van der Waals surface area (Å²) in [5.74, 6) is 0.202. The van der Waals surface area contributed by atoms with Crippen LogP contribution < -0.4 is 5.32 Å². The standard InChI is InChI=1S/C15H20Cl2N2OS/c1-9(2)18-6-7-19-14(20)10(3)21-15(19)11-4-5-12(16)13(17)8-11/h4-5,8-10,15,18H,6-7H2,1-3H3/p+1/t10-,15-/m0/s1. The monoisotopic (exact) mass is 347 g/mol. The Morgan fingerprint density at radius 1 is 1.33 bits per heavy atom. The van der Waals surface area contributed by atoms with Crippen LogP contribution in [0.1, 0.15) is 31.7 Å². The van der Waals surface area contributed by atoms with Gasteiger partial charge < -0.3 is 10.2 Å². The molecule has 6 heteroatoms. The molecule has 0 aliphatic carbocycles. The Hall–Kier alpha value is -0.420. The summed E-state index contributed by atoms with van der Waals surface area (Å²) in [6.07, 6.45) is 0. The number of thioether (sulfide) groups is 1. The molecule has 1 amide bonds. The molecule has 2 atom stereocenters. The molecule has 1 heterocycles. The minimum absolute atomic E-state index is 0.0106. The van der Waals surface area contributed by atoms with E-state index in [1.807, 2.05) is 24.0 Å². The molecule has 1 fully saturated rings. The third-order valence-electron chi connectivity index (χ3n) is 3.48. The Morgan fingerprint density at radius 2 is 2.05 bits per heavy atom. The van der Waals surface area contributed by atoms with Crippen LogP contribution in [-0.4, -0.2) is 35.2 Å². The second kappa shape index (κ2) is 7.23. The second-order valence-corrected chi connectivity index (χ2v) is 7.84. The fraction of sp³-hybridized carbons (Fsp3) is 0.533. The van der Waals surface area contributed by atoms with Gasteiger partial charge in [-0.2, -0.15) is 0 Å². The van der Waals surface area contributed by atoms with Crippen LogP contribution in [0.5, 0.6) is 0 Å². The number of halogens is 2. The molecule has 1 aromatic rings. The number of hydrogen-bond acceptors (Lipinski definition) is 2. The molecule has 0 aromatic heterocycles. The Balaban J connectivity index is 2.15. The van der Waals surface area contributed by atoms with E-state index >= 15 is 0 Å². The van der Waals surface area contributed by atoms with E-state index in [0.29, 0.717) is 16.1 Å². The van der Waals surface area contributed by atoms with Crippen LogP contribution in [0.15, 0.2) is 18.2 Å². The van der Waals surface area contributed by atoms with E-state index in [1.54, 1.807) is 17.8 Å². The summed E-state index contributed by atoms with van der Waals surface area (Å²) in [4.78, 5) is 14.3. The van der Waals surface area contributed by atoms with Gasteiger partial charge in [-0.3, -0.25) is 4.79 Å². The largest absolute Gasteiger partial charge is 0.343 e. The van der Waals surface area contributed by atoms with Gasteiger partial charge in [0.2, 0.25) is 5.91 Å². The Morgan fingerprint density at radius 3 is 2.67 bits per heavy atom. The van der Waals surface area contributed by atoms with Crippen LogP contribution in [-0.2, 0) is 4.79 Å². The number of amides is 1. The molecule has 0 saturated carbocycles. The minimum atomic E-state index is -0.0106. The average Bonchev–Trinajstić information content (AvgIpc) is 2.70. The van der Waals surface area contributed by atoms with Gasteiger partial charge in [-0.05, 0) is 38.5 Å². The molecule has 0 radical (unpaired) electrons. The van der Waals surface area contributed by atoms with E-state index in [-0.39, 0.29) is 16.5 Å². The summed E-state index contributed by atoms with van der Waals surface area (Å²) in [6, 6.07) is 6.16. The lowest BCUT2D eigenvalue weighted by atomic mass is 10.2. The maximum absolute atomic E-state index is 12.3. The highest BCUT2D eigenvalue weighted by atomic mass is 35.5. The molecule has 2 N–H and O–H groups in total. The maximum atomic E-state index is 12.3. The third-order valence-corrected chi connectivity index (χ3v) is 5.62. The van der Waals surface area contributed by atoms with Crippen molar-refractivity contribution in [2.24, 2.45) is 0 Å². The van der Waals surface area contributed by atoms with Gasteiger partial charge in [-0.1, -0.05) is 29.3 Å². The van der Waals surface area contributed by atoms with E-state index in [0.717, 1.165) is 18.7 Å². The van der Waals surface area contributed by atoms with Crippen LogP contribution in [0.25, 0.3) is 0 Å². The minimum Gasteiger partial charge on any atom is -0.343 e. The third kappa shape index (κ3) is 4.07. The number of nitrogens with two attached hydrogens (primary N) is 1. The maximum Gasteiger partial charge on any atom is 0.236 e. The summed E-state index contributed by atoms with van der Waals surface area (Å²) in [5, 5.41) is 3.34. The molecule has 116 valence electrons. The zero-order chi connectivity index (χ0) is 15.6. The molecule has 1 saturated heterocycles. The summed E-state index contributed by atoms with van der Waals surface area (Å²) in [7, 11) is 0. The van der Waals surface area contributed by atoms with Crippen molar-refractivity contribution in [3.63, 3.8) is 0 Å². The lowest BCUT2D eigenvalue weighted by Gasteiger charge is -2.24. The number of hydrogen-bond donors (Lipinski definition) is 1. The molecule has 0 unspecified atom stereocenters. The topological polar surface area (TPSA) is 36.9 Å². The van der Waals surface area contributed by atoms with Crippen LogP contribution in [0.3, 0.4) is 0 Å². The summed E-state index contributed by atoms with van der Waals surface area (Å²) < 4.78 is 0. The summed E-state index contributed by atoms with van der Waals surface area (Å²) in [6.45, 7) is 7.93. The first-order valence-corrected chi connectivity index (χ1v) is 8.84.